The molecule has 0 spiro atoms. The van der Waals surface area contributed by atoms with Gasteiger partial charge in [-0.3, -0.25) is 4.68 Å². The lowest BCUT2D eigenvalue weighted by Gasteiger charge is -2.07. The van der Waals surface area contributed by atoms with E-state index in [1.807, 2.05) is 21.0 Å². The molecule has 0 saturated carbocycles. The van der Waals surface area contributed by atoms with E-state index in [9.17, 15) is 8.78 Å². The lowest BCUT2D eigenvalue weighted by atomic mass is 10.0. The van der Waals surface area contributed by atoms with E-state index < -0.39 is 11.6 Å². The zero-order valence-corrected chi connectivity index (χ0v) is 10.6. The zero-order valence-electron chi connectivity index (χ0n) is 10.6. The predicted molar refractivity (Wildman–Crippen MR) is 66.1 cm³/mol. The van der Waals surface area contributed by atoms with Crippen LogP contribution in [0, 0.1) is 18.6 Å². The summed E-state index contributed by atoms with van der Waals surface area (Å²) in [5.41, 5.74) is 3.24. The number of aryl methyl sites for hydroxylation is 2. The summed E-state index contributed by atoms with van der Waals surface area (Å²) in [5.74, 6) is -1.68. The molecule has 0 atom stereocenters. The van der Waals surface area contributed by atoms with Crippen LogP contribution < -0.4 is 5.32 Å². The van der Waals surface area contributed by atoms with Gasteiger partial charge in [-0.05, 0) is 31.7 Å². The van der Waals surface area contributed by atoms with Crippen molar-refractivity contribution in [3.63, 3.8) is 0 Å². The Morgan fingerprint density at radius 2 is 2.00 bits per heavy atom. The van der Waals surface area contributed by atoms with E-state index in [-0.39, 0.29) is 0 Å². The highest BCUT2D eigenvalue weighted by Gasteiger charge is 2.15. The smallest absolute Gasteiger partial charge is 0.159 e. The summed E-state index contributed by atoms with van der Waals surface area (Å²) in [6.45, 7) is 2.47. The van der Waals surface area contributed by atoms with Crippen LogP contribution in [0.2, 0.25) is 0 Å². The fourth-order valence-electron chi connectivity index (χ4n) is 2.10. The molecular formula is C13H15F2N3. The molecule has 18 heavy (non-hydrogen) atoms. The Balaban J connectivity index is 2.58. The monoisotopic (exact) mass is 251 g/mol. The first-order valence-electron chi connectivity index (χ1n) is 5.67. The number of rotatable bonds is 3. The van der Waals surface area contributed by atoms with Crippen molar-refractivity contribution < 1.29 is 8.78 Å². The maximum Gasteiger partial charge on any atom is 0.159 e. The van der Waals surface area contributed by atoms with Gasteiger partial charge in [-0.25, -0.2) is 8.78 Å². The number of hydrogen-bond donors (Lipinski definition) is 1. The van der Waals surface area contributed by atoms with E-state index in [1.165, 1.54) is 6.07 Å². The maximum absolute atomic E-state index is 13.3. The fraction of sp³-hybridized carbons (Fsp3) is 0.308. The van der Waals surface area contributed by atoms with Gasteiger partial charge in [-0.2, -0.15) is 5.10 Å². The molecule has 1 aromatic carbocycles. The second-order valence-corrected chi connectivity index (χ2v) is 4.19. The first-order valence-corrected chi connectivity index (χ1v) is 5.67. The Kier molecular flexibility index (Phi) is 3.43. The molecule has 96 valence electrons. The Morgan fingerprint density at radius 3 is 2.61 bits per heavy atom. The Hall–Kier alpha value is -1.75. The fourth-order valence-corrected chi connectivity index (χ4v) is 2.10. The van der Waals surface area contributed by atoms with Gasteiger partial charge in [0.25, 0.3) is 0 Å². The Labute approximate surface area is 104 Å². The van der Waals surface area contributed by atoms with Gasteiger partial charge in [0.15, 0.2) is 11.6 Å². The average Bonchev–Trinajstić information content (AvgIpc) is 2.59. The molecule has 2 aromatic rings. The number of nitrogens with zero attached hydrogens (tertiary/aromatic N) is 2. The van der Waals surface area contributed by atoms with Crippen molar-refractivity contribution in [1.82, 2.24) is 15.1 Å². The van der Waals surface area contributed by atoms with Gasteiger partial charge in [0.2, 0.25) is 0 Å². The van der Waals surface area contributed by atoms with Crippen LogP contribution in [-0.4, -0.2) is 16.8 Å². The molecule has 0 aliphatic carbocycles. The van der Waals surface area contributed by atoms with Crippen molar-refractivity contribution in [3.05, 3.63) is 41.2 Å². The zero-order chi connectivity index (χ0) is 13.3. The van der Waals surface area contributed by atoms with E-state index >= 15 is 0 Å². The van der Waals surface area contributed by atoms with E-state index in [0.717, 1.165) is 23.0 Å². The van der Waals surface area contributed by atoms with Crippen molar-refractivity contribution in [2.24, 2.45) is 7.05 Å². The molecule has 0 unspecified atom stereocenters. The van der Waals surface area contributed by atoms with Crippen LogP contribution >= 0.6 is 0 Å². The highest BCUT2D eigenvalue weighted by Crippen LogP contribution is 2.28. The van der Waals surface area contributed by atoms with E-state index in [2.05, 4.69) is 10.4 Å². The molecular weight excluding hydrogens is 236 g/mol. The molecule has 0 bridgehead atoms. The number of nitrogens with one attached hydrogen (secondary N) is 1. The summed E-state index contributed by atoms with van der Waals surface area (Å²) in [6, 6.07) is 3.92. The van der Waals surface area contributed by atoms with Crippen molar-refractivity contribution in [2.45, 2.75) is 13.5 Å². The van der Waals surface area contributed by atoms with E-state index in [1.54, 1.807) is 10.7 Å². The summed E-state index contributed by atoms with van der Waals surface area (Å²) >= 11 is 0. The van der Waals surface area contributed by atoms with Crippen LogP contribution in [0.1, 0.15) is 11.4 Å². The van der Waals surface area contributed by atoms with Gasteiger partial charge in [0.05, 0.1) is 11.4 Å². The standard InChI is InChI=1S/C13H15F2N3/c1-8-13(12(7-16-2)18(3)17-8)9-4-5-10(14)11(15)6-9/h4-6,16H,7H2,1-3H3. The van der Waals surface area contributed by atoms with Crippen LogP contribution in [0.4, 0.5) is 8.78 Å². The summed E-state index contributed by atoms with van der Waals surface area (Å²) in [5, 5.41) is 7.36. The molecule has 0 aliphatic heterocycles. The highest BCUT2D eigenvalue weighted by atomic mass is 19.2. The number of hydrogen-bond acceptors (Lipinski definition) is 2. The number of halogens is 2. The largest absolute Gasteiger partial charge is 0.314 e. The van der Waals surface area contributed by atoms with E-state index in [0.29, 0.717) is 12.1 Å². The Bertz CT molecular complexity index is 576. The van der Waals surface area contributed by atoms with Crippen molar-refractivity contribution in [3.8, 4) is 11.1 Å². The van der Waals surface area contributed by atoms with Gasteiger partial charge < -0.3 is 5.32 Å². The maximum atomic E-state index is 13.3. The van der Waals surface area contributed by atoms with Gasteiger partial charge in [-0.15, -0.1) is 0 Å². The number of aromatic nitrogens is 2. The molecule has 1 N–H and O–H groups in total. The summed E-state index contributed by atoms with van der Waals surface area (Å²) in [7, 11) is 3.67. The summed E-state index contributed by atoms with van der Waals surface area (Å²) < 4.78 is 28.0. The van der Waals surface area contributed by atoms with Crippen LogP contribution in [0.5, 0.6) is 0 Å². The molecule has 5 heteroatoms. The minimum atomic E-state index is -0.842. The SMILES string of the molecule is CNCc1c(-c2ccc(F)c(F)c2)c(C)nn1C. The molecule has 0 saturated heterocycles. The quantitative estimate of drug-likeness (QED) is 0.907. The van der Waals surface area contributed by atoms with Crippen LogP contribution in [0.3, 0.4) is 0 Å². The van der Waals surface area contributed by atoms with Crippen LogP contribution in [0.25, 0.3) is 11.1 Å². The molecule has 0 fully saturated rings. The second kappa shape index (κ2) is 4.86. The molecule has 3 nitrogen and oxygen atoms in total. The normalized spacial score (nSPS) is 10.9. The lowest BCUT2D eigenvalue weighted by Crippen LogP contribution is -2.10. The predicted octanol–water partition coefficient (Wildman–Crippen LogP) is 2.39. The minimum absolute atomic E-state index is 0.617. The van der Waals surface area contributed by atoms with Crippen LogP contribution in [-0.2, 0) is 13.6 Å². The minimum Gasteiger partial charge on any atom is -0.314 e. The first-order chi connectivity index (χ1) is 8.54. The number of benzene rings is 1. The molecule has 1 heterocycles. The average molecular weight is 251 g/mol. The third-order valence-corrected chi connectivity index (χ3v) is 2.89. The topological polar surface area (TPSA) is 29.9 Å². The van der Waals surface area contributed by atoms with Crippen molar-refractivity contribution in [1.29, 1.82) is 0 Å². The molecule has 0 radical (unpaired) electrons. The van der Waals surface area contributed by atoms with Crippen molar-refractivity contribution >= 4 is 0 Å². The second-order valence-electron chi connectivity index (χ2n) is 4.19. The van der Waals surface area contributed by atoms with Gasteiger partial charge in [-0.1, -0.05) is 6.07 Å². The molecule has 2 rings (SSSR count). The third kappa shape index (κ3) is 2.13. The molecule has 0 aliphatic rings. The first kappa shape index (κ1) is 12.7. The summed E-state index contributed by atoms with van der Waals surface area (Å²) in [6.07, 6.45) is 0. The van der Waals surface area contributed by atoms with Gasteiger partial charge >= 0.3 is 0 Å². The summed E-state index contributed by atoms with van der Waals surface area (Å²) in [4.78, 5) is 0. The highest BCUT2D eigenvalue weighted by molar-refractivity contribution is 5.68. The lowest BCUT2D eigenvalue weighted by molar-refractivity contribution is 0.509. The Morgan fingerprint density at radius 1 is 1.28 bits per heavy atom. The van der Waals surface area contributed by atoms with Gasteiger partial charge in [0.1, 0.15) is 0 Å². The third-order valence-electron chi connectivity index (χ3n) is 2.89. The van der Waals surface area contributed by atoms with Crippen LogP contribution in [0.15, 0.2) is 18.2 Å². The molecule has 0 amide bonds. The van der Waals surface area contributed by atoms with E-state index in [4.69, 9.17) is 0 Å². The van der Waals surface area contributed by atoms with Gasteiger partial charge in [0, 0.05) is 19.2 Å². The van der Waals surface area contributed by atoms with Crippen molar-refractivity contribution in [2.75, 3.05) is 7.05 Å². The molecule has 1 aromatic heterocycles.